The zero-order valence-corrected chi connectivity index (χ0v) is 14.1. The highest BCUT2D eigenvalue weighted by atomic mass is 16.6. The molecule has 1 aromatic heterocycles. The molecule has 140 valence electrons. The molecule has 2 aromatic carbocycles. The maximum Gasteiger partial charge on any atom is 0.293 e. The number of carbonyl (C=O) groups is 1. The molecule has 3 rings (SSSR count). The fourth-order valence-corrected chi connectivity index (χ4v) is 1.85. The highest BCUT2D eigenvalue weighted by Gasteiger charge is 2.02. The summed E-state index contributed by atoms with van der Waals surface area (Å²) in [6.45, 7) is 1.11. The lowest BCUT2D eigenvalue weighted by Crippen LogP contribution is -1.94. The largest absolute Gasteiger partial charge is 0.508 e. The van der Waals surface area contributed by atoms with Crippen LogP contribution in [0.15, 0.2) is 65.5 Å². The van der Waals surface area contributed by atoms with E-state index in [9.17, 15) is 14.9 Å². The molecule has 0 atom stereocenters. The Kier molecular flexibility index (Phi) is 7.34. The molecule has 0 saturated heterocycles. The fraction of sp³-hybridized carbons (Fsp3) is 0.111. The number of hydrogen-bond acceptors (Lipinski definition) is 8. The summed E-state index contributed by atoms with van der Waals surface area (Å²) in [5.74, 6) is 0.770. The third-order valence-corrected chi connectivity index (χ3v) is 3.19. The van der Waals surface area contributed by atoms with E-state index in [2.05, 4.69) is 14.4 Å². The Morgan fingerprint density at radius 1 is 1.07 bits per heavy atom. The van der Waals surface area contributed by atoms with Crippen molar-refractivity contribution in [3.8, 4) is 11.5 Å². The number of rotatable bonds is 7. The number of nitro groups is 1. The Balaban J connectivity index is 0.000000223. The van der Waals surface area contributed by atoms with Gasteiger partial charge in [0.1, 0.15) is 31.0 Å². The standard InChI is InChI=1S/C12H11NO4.C6H5NO3/c14-9-15-6-10-1-3-12(4-2-10)16-7-11-5-13-17-8-11;8-6-3-1-5(2-4-6)7(9)10/h1-5,8-9H,6-7H2;1-4,8H. The molecular weight excluding hydrogens is 356 g/mol. The molecule has 1 N–H and O–H groups in total. The van der Waals surface area contributed by atoms with E-state index in [1.807, 2.05) is 24.3 Å². The van der Waals surface area contributed by atoms with Crippen molar-refractivity contribution in [1.29, 1.82) is 0 Å². The molecule has 0 radical (unpaired) electrons. The molecule has 0 aliphatic heterocycles. The van der Waals surface area contributed by atoms with Crippen LogP contribution in [0, 0.1) is 10.1 Å². The molecule has 1 heterocycles. The number of non-ortho nitro benzene ring substituents is 1. The van der Waals surface area contributed by atoms with Crippen LogP contribution in [0.3, 0.4) is 0 Å². The molecule has 0 fully saturated rings. The normalized spacial score (nSPS) is 9.63. The maximum atomic E-state index is 10.0. The number of ether oxygens (including phenoxy) is 2. The molecule has 3 aromatic rings. The van der Waals surface area contributed by atoms with Gasteiger partial charge in [-0.25, -0.2) is 0 Å². The van der Waals surface area contributed by atoms with Crippen molar-refractivity contribution >= 4 is 12.2 Å². The molecule has 0 bridgehead atoms. The molecule has 0 aliphatic rings. The molecule has 0 saturated carbocycles. The van der Waals surface area contributed by atoms with Crippen LogP contribution < -0.4 is 4.74 Å². The van der Waals surface area contributed by atoms with Gasteiger partial charge in [-0.2, -0.15) is 0 Å². The number of benzene rings is 2. The average Bonchev–Trinajstić information content (AvgIpc) is 3.20. The van der Waals surface area contributed by atoms with E-state index in [0.717, 1.165) is 16.9 Å². The van der Waals surface area contributed by atoms with Gasteiger partial charge in [-0.1, -0.05) is 17.3 Å². The lowest BCUT2D eigenvalue weighted by atomic mass is 10.2. The van der Waals surface area contributed by atoms with Crippen LogP contribution in [0.4, 0.5) is 5.69 Å². The Bertz CT molecular complexity index is 831. The Morgan fingerprint density at radius 3 is 2.33 bits per heavy atom. The SMILES string of the molecule is O=COCc1ccc(OCc2cnoc2)cc1.O=[N+]([O-])c1ccc(O)cc1. The summed E-state index contributed by atoms with van der Waals surface area (Å²) in [7, 11) is 0. The van der Waals surface area contributed by atoms with E-state index in [-0.39, 0.29) is 18.0 Å². The number of aromatic nitrogens is 1. The predicted molar refractivity (Wildman–Crippen MR) is 92.9 cm³/mol. The van der Waals surface area contributed by atoms with E-state index in [1.165, 1.54) is 30.5 Å². The van der Waals surface area contributed by atoms with Crippen LogP contribution in [0.25, 0.3) is 0 Å². The van der Waals surface area contributed by atoms with Gasteiger partial charge in [0.15, 0.2) is 0 Å². The van der Waals surface area contributed by atoms with Crippen molar-refractivity contribution in [2.45, 2.75) is 13.2 Å². The van der Waals surface area contributed by atoms with Crippen LogP contribution in [0.2, 0.25) is 0 Å². The number of nitrogens with zero attached hydrogens (tertiary/aromatic N) is 2. The van der Waals surface area contributed by atoms with Crippen molar-refractivity contribution in [3.05, 3.63) is 82.2 Å². The second-order valence-corrected chi connectivity index (χ2v) is 5.15. The first-order valence-corrected chi connectivity index (χ1v) is 7.67. The van der Waals surface area contributed by atoms with Crippen molar-refractivity contribution < 1.29 is 28.8 Å². The summed E-state index contributed by atoms with van der Waals surface area (Å²) >= 11 is 0. The smallest absolute Gasteiger partial charge is 0.293 e. The van der Waals surface area contributed by atoms with Crippen molar-refractivity contribution in [2.75, 3.05) is 0 Å². The molecule has 0 aliphatic carbocycles. The van der Waals surface area contributed by atoms with Crippen LogP contribution in [-0.2, 0) is 22.7 Å². The number of nitro benzene ring substituents is 1. The number of phenolic OH excluding ortho intramolecular Hbond substituents is 1. The molecule has 27 heavy (non-hydrogen) atoms. The Labute approximate surface area is 153 Å². The summed E-state index contributed by atoms with van der Waals surface area (Å²) in [5.41, 5.74) is 1.77. The summed E-state index contributed by atoms with van der Waals surface area (Å²) in [6, 6.07) is 12.4. The second kappa shape index (κ2) is 10.2. The van der Waals surface area contributed by atoms with E-state index in [4.69, 9.17) is 9.84 Å². The van der Waals surface area contributed by atoms with Gasteiger partial charge in [-0.3, -0.25) is 14.9 Å². The summed E-state index contributed by atoms with van der Waals surface area (Å²) in [5, 5.41) is 22.3. The highest BCUT2D eigenvalue weighted by molar-refractivity contribution is 5.37. The third kappa shape index (κ3) is 6.86. The van der Waals surface area contributed by atoms with Crippen LogP contribution >= 0.6 is 0 Å². The molecular formula is C18H16N2O7. The minimum Gasteiger partial charge on any atom is -0.508 e. The molecule has 9 heteroatoms. The van der Waals surface area contributed by atoms with Gasteiger partial charge in [0.05, 0.1) is 11.1 Å². The number of hydrogen-bond donors (Lipinski definition) is 1. The number of phenols is 1. The van der Waals surface area contributed by atoms with Gasteiger partial charge in [-0.15, -0.1) is 0 Å². The molecule has 0 unspecified atom stereocenters. The van der Waals surface area contributed by atoms with Crippen molar-refractivity contribution in [3.63, 3.8) is 0 Å². The van der Waals surface area contributed by atoms with Crippen molar-refractivity contribution in [2.24, 2.45) is 0 Å². The van der Waals surface area contributed by atoms with Gasteiger partial charge in [-0.05, 0) is 29.8 Å². The maximum absolute atomic E-state index is 10.0. The van der Waals surface area contributed by atoms with E-state index in [1.54, 1.807) is 6.20 Å². The zero-order valence-electron chi connectivity index (χ0n) is 14.1. The van der Waals surface area contributed by atoms with Gasteiger partial charge < -0.3 is 19.1 Å². The zero-order chi connectivity index (χ0) is 19.5. The lowest BCUT2D eigenvalue weighted by Gasteiger charge is -2.05. The van der Waals surface area contributed by atoms with Crippen LogP contribution in [0.5, 0.6) is 11.5 Å². The first-order chi connectivity index (χ1) is 13.1. The minimum absolute atomic E-state index is 0.0159. The van der Waals surface area contributed by atoms with Gasteiger partial charge in [0.25, 0.3) is 12.2 Å². The first-order valence-electron chi connectivity index (χ1n) is 7.67. The minimum atomic E-state index is -0.514. The highest BCUT2D eigenvalue weighted by Crippen LogP contribution is 2.15. The van der Waals surface area contributed by atoms with Crippen LogP contribution in [-0.4, -0.2) is 21.7 Å². The molecule has 0 spiro atoms. The lowest BCUT2D eigenvalue weighted by molar-refractivity contribution is -0.384. The van der Waals surface area contributed by atoms with Gasteiger partial charge >= 0.3 is 0 Å². The monoisotopic (exact) mass is 372 g/mol. The Hall–Kier alpha value is -3.88. The second-order valence-electron chi connectivity index (χ2n) is 5.15. The van der Waals surface area contributed by atoms with Crippen molar-refractivity contribution in [1.82, 2.24) is 5.16 Å². The van der Waals surface area contributed by atoms with E-state index < -0.39 is 4.92 Å². The third-order valence-electron chi connectivity index (χ3n) is 3.19. The van der Waals surface area contributed by atoms with E-state index in [0.29, 0.717) is 13.1 Å². The quantitative estimate of drug-likeness (QED) is 0.381. The average molecular weight is 372 g/mol. The topological polar surface area (TPSA) is 125 Å². The number of carbonyl (C=O) groups excluding carboxylic acids is 1. The van der Waals surface area contributed by atoms with Gasteiger partial charge in [0.2, 0.25) is 0 Å². The predicted octanol–water partition coefficient (Wildman–Crippen LogP) is 3.23. The summed E-state index contributed by atoms with van der Waals surface area (Å²) in [4.78, 5) is 19.5. The summed E-state index contributed by atoms with van der Waals surface area (Å²) < 4.78 is 14.8. The van der Waals surface area contributed by atoms with E-state index >= 15 is 0 Å². The molecule has 0 amide bonds. The van der Waals surface area contributed by atoms with Crippen LogP contribution in [0.1, 0.15) is 11.1 Å². The molecule has 9 nitrogen and oxygen atoms in total. The summed E-state index contributed by atoms with van der Waals surface area (Å²) in [6.07, 6.45) is 3.14. The first kappa shape index (κ1) is 19.4. The number of aromatic hydroxyl groups is 1. The Morgan fingerprint density at radius 2 is 1.78 bits per heavy atom. The fourth-order valence-electron chi connectivity index (χ4n) is 1.85. The van der Waals surface area contributed by atoms with Gasteiger partial charge in [0, 0.05) is 17.7 Å².